The number of hydrogen-bond donors (Lipinski definition) is 1. The van der Waals surface area contributed by atoms with Crippen LogP contribution in [0, 0.1) is 6.92 Å². The van der Waals surface area contributed by atoms with Crippen molar-refractivity contribution in [3.05, 3.63) is 64.4 Å². The molecule has 2 aromatic carbocycles. The number of thioether (sulfide) groups is 1. The van der Waals surface area contributed by atoms with Gasteiger partial charge < -0.3 is 5.32 Å². The Bertz CT molecular complexity index is 1070. The van der Waals surface area contributed by atoms with E-state index in [0.29, 0.717) is 16.1 Å². The number of para-hydroxylation sites is 1. The second-order valence-corrected chi connectivity index (χ2v) is 8.24. The van der Waals surface area contributed by atoms with E-state index in [0.717, 1.165) is 24.1 Å². The minimum Gasteiger partial charge on any atom is -0.325 e. The Morgan fingerprint density at radius 3 is 2.74 bits per heavy atom. The maximum Gasteiger partial charge on any atom is 0.262 e. The summed E-state index contributed by atoms with van der Waals surface area (Å²) in [5, 5.41) is 3.82. The number of benzene rings is 2. The fraction of sp³-hybridized carbons (Fsp3) is 0.286. The monoisotopic (exact) mass is 379 g/mol. The standard InChI is InChI=1S/C21H21N3O2S/c1-13-6-5-7-15(12-13)22-19(25)14(2)27-21-23-18-9-4-3-8-17(18)20(26)24(21)16-10-11-16/h3-9,12,14,16H,10-11H2,1-2H3,(H,22,25)/t14-/m0/s1. The normalized spacial score (nSPS) is 14.9. The molecule has 1 saturated carbocycles. The first-order valence-electron chi connectivity index (χ1n) is 9.08. The zero-order chi connectivity index (χ0) is 19.0. The summed E-state index contributed by atoms with van der Waals surface area (Å²) in [6.45, 7) is 3.83. The largest absolute Gasteiger partial charge is 0.325 e. The lowest BCUT2D eigenvalue weighted by molar-refractivity contribution is -0.115. The minimum atomic E-state index is -0.372. The quantitative estimate of drug-likeness (QED) is 0.534. The van der Waals surface area contributed by atoms with Crippen LogP contribution in [0.15, 0.2) is 58.5 Å². The lowest BCUT2D eigenvalue weighted by Crippen LogP contribution is -2.26. The van der Waals surface area contributed by atoms with Crippen LogP contribution in [0.25, 0.3) is 10.9 Å². The van der Waals surface area contributed by atoms with Crippen molar-refractivity contribution in [3.63, 3.8) is 0 Å². The maximum absolute atomic E-state index is 12.9. The van der Waals surface area contributed by atoms with Crippen molar-refractivity contribution in [2.75, 3.05) is 5.32 Å². The fourth-order valence-electron chi connectivity index (χ4n) is 3.04. The van der Waals surface area contributed by atoms with Crippen molar-refractivity contribution in [1.82, 2.24) is 9.55 Å². The molecule has 0 unspecified atom stereocenters. The zero-order valence-corrected chi connectivity index (χ0v) is 16.1. The van der Waals surface area contributed by atoms with Crippen molar-refractivity contribution in [1.29, 1.82) is 0 Å². The molecule has 1 heterocycles. The van der Waals surface area contributed by atoms with Crippen molar-refractivity contribution < 1.29 is 4.79 Å². The molecule has 27 heavy (non-hydrogen) atoms. The van der Waals surface area contributed by atoms with Gasteiger partial charge in [-0.15, -0.1) is 0 Å². The molecule has 1 N–H and O–H groups in total. The Kier molecular flexibility index (Phi) is 4.74. The fourth-order valence-corrected chi connectivity index (χ4v) is 4.02. The predicted octanol–water partition coefficient (Wildman–Crippen LogP) is 4.16. The highest BCUT2D eigenvalue weighted by Gasteiger charge is 2.30. The Balaban J connectivity index is 1.61. The van der Waals surface area contributed by atoms with Crippen molar-refractivity contribution in [2.24, 2.45) is 0 Å². The molecule has 1 aromatic heterocycles. The molecule has 5 nitrogen and oxygen atoms in total. The van der Waals surface area contributed by atoms with E-state index in [4.69, 9.17) is 0 Å². The second-order valence-electron chi connectivity index (χ2n) is 6.94. The van der Waals surface area contributed by atoms with Crippen LogP contribution in [0.5, 0.6) is 0 Å². The number of nitrogens with one attached hydrogen (secondary N) is 1. The molecule has 1 aliphatic carbocycles. The molecule has 1 amide bonds. The predicted molar refractivity (Wildman–Crippen MR) is 109 cm³/mol. The highest BCUT2D eigenvalue weighted by Crippen LogP contribution is 2.37. The van der Waals surface area contributed by atoms with Gasteiger partial charge >= 0.3 is 0 Å². The molecule has 0 spiro atoms. The smallest absolute Gasteiger partial charge is 0.262 e. The maximum atomic E-state index is 12.9. The van der Waals surface area contributed by atoms with E-state index in [9.17, 15) is 9.59 Å². The summed E-state index contributed by atoms with van der Waals surface area (Å²) in [6.07, 6.45) is 1.97. The average Bonchev–Trinajstić information content (AvgIpc) is 3.47. The number of aromatic nitrogens is 2. The van der Waals surface area contributed by atoms with Crippen LogP contribution in [0.3, 0.4) is 0 Å². The lowest BCUT2D eigenvalue weighted by Gasteiger charge is -2.16. The SMILES string of the molecule is Cc1cccc(NC(=O)[C@H](C)Sc2nc3ccccc3c(=O)n2C2CC2)c1. The molecule has 138 valence electrons. The molecular formula is C21H21N3O2S. The number of rotatable bonds is 5. The van der Waals surface area contributed by atoms with Gasteiger partial charge in [-0.1, -0.05) is 36.0 Å². The topological polar surface area (TPSA) is 64.0 Å². The van der Waals surface area contributed by atoms with Gasteiger partial charge in [0.05, 0.1) is 16.2 Å². The van der Waals surface area contributed by atoms with Gasteiger partial charge in [0.2, 0.25) is 5.91 Å². The summed E-state index contributed by atoms with van der Waals surface area (Å²) in [5.41, 5.74) is 2.52. The van der Waals surface area contributed by atoms with Crippen molar-refractivity contribution in [3.8, 4) is 0 Å². The number of nitrogens with zero attached hydrogens (tertiary/aromatic N) is 2. The number of carbonyl (C=O) groups is 1. The van der Waals surface area contributed by atoms with Crippen LogP contribution < -0.4 is 10.9 Å². The third kappa shape index (κ3) is 3.76. The Morgan fingerprint density at radius 2 is 2.00 bits per heavy atom. The first-order valence-corrected chi connectivity index (χ1v) is 9.96. The number of aryl methyl sites for hydroxylation is 1. The van der Waals surface area contributed by atoms with Crippen LogP contribution in [0.2, 0.25) is 0 Å². The van der Waals surface area contributed by atoms with Crippen LogP contribution in [0.1, 0.15) is 31.4 Å². The summed E-state index contributed by atoms with van der Waals surface area (Å²) in [6, 6.07) is 15.3. The van der Waals surface area contributed by atoms with Crippen LogP contribution >= 0.6 is 11.8 Å². The van der Waals surface area contributed by atoms with Gasteiger partial charge in [0.1, 0.15) is 0 Å². The Hall–Kier alpha value is -2.60. The second kappa shape index (κ2) is 7.19. The van der Waals surface area contributed by atoms with E-state index in [-0.39, 0.29) is 22.8 Å². The van der Waals surface area contributed by atoms with Crippen molar-refractivity contribution >= 4 is 34.3 Å². The van der Waals surface area contributed by atoms with E-state index in [2.05, 4.69) is 10.3 Å². The van der Waals surface area contributed by atoms with E-state index < -0.39 is 0 Å². The molecule has 1 fully saturated rings. The highest BCUT2D eigenvalue weighted by molar-refractivity contribution is 8.00. The van der Waals surface area contributed by atoms with E-state index in [1.165, 1.54) is 11.8 Å². The van der Waals surface area contributed by atoms with Gasteiger partial charge in [-0.2, -0.15) is 0 Å². The summed E-state index contributed by atoms with van der Waals surface area (Å²) < 4.78 is 1.77. The number of amides is 1. The highest BCUT2D eigenvalue weighted by atomic mass is 32.2. The molecule has 0 aliphatic heterocycles. The third-order valence-electron chi connectivity index (χ3n) is 4.62. The van der Waals surface area contributed by atoms with Gasteiger partial charge in [0.25, 0.3) is 5.56 Å². The molecule has 6 heteroatoms. The summed E-state index contributed by atoms with van der Waals surface area (Å²) in [5.74, 6) is -0.102. The molecule has 0 bridgehead atoms. The van der Waals surface area contributed by atoms with Gasteiger partial charge in [-0.3, -0.25) is 14.2 Å². The average molecular weight is 379 g/mol. The molecule has 1 atom stereocenters. The summed E-state index contributed by atoms with van der Waals surface area (Å²) in [7, 11) is 0. The number of hydrogen-bond acceptors (Lipinski definition) is 4. The van der Waals surface area contributed by atoms with Gasteiger partial charge in [-0.05, 0) is 56.5 Å². The van der Waals surface area contributed by atoms with Gasteiger partial charge in [-0.25, -0.2) is 4.98 Å². The van der Waals surface area contributed by atoms with E-state index in [1.54, 1.807) is 4.57 Å². The molecular weight excluding hydrogens is 358 g/mol. The summed E-state index contributed by atoms with van der Waals surface area (Å²) in [4.78, 5) is 30.2. The number of carbonyl (C=O) groups excluding carboxylic acids is 1. The lowest BCUT2D eigenvalue weighted by atomic mass is 10.2. The minimum absolute atomic E-state index is 0.0168. The van der Waals surface area contributed by atoms with Crippen LogP contribution in [-0.4, -0.2) is 20.7 Å². The van der Waals surface area contributed by atoms with Gasteiger partial charge in [0.15, 0.2) is 5.16 Å². The molecule has 1 aliphatic rings. The first-order chi connectivity index (χ1) is 13.0. The first kappa shape index (κ1) is 17.8. The molecule has 0 radical (unpaired) electrons. The van der Waals surface area contributed by atoms with Crippen molar-refractivity contribution in [2.45, 2.75) is 43.1 Å². The van der Waals surface area contributed by atoms with Crippen LogP contribution in [-0.2, 0) is 4.79 Å². The molecule has 4 rings (SSSR count). The van der Waals surface area contributed by atoms with E-state index >= 15 is 0 Å². The van der Waals surface area contributed by atoms with E-state index in [1.807, 2.05) is 62.4 Å². The third-order valence-corrected chi connectivity index (χ3v) is 5.69. The zero-order valence-electron chi connectivity index (χ0n) is 15.3. The molecule has 3 aromatic rings. The Labute approximate surface area is 161 Å². The Morgan fingerprint density at radius 1 is 1.22 bits per heavy atom. The number of fused-ring (bicyclic) bond motifs is 1. The number of anilines is 1. The van der Waals surface area contributed by atoms with Gasteiger partial charge in [0, 0.05) is 11.7 Å². The molecule has 0 saturated heterocycles. The summed E-state index contributed by atoms with van der Waals surface area (Å²) >= 11 is 1.34. The van der Waals surface area contributed by atoms with Crippen LogP contribution in [0.4, 0.5) is 5.69 Å².